The number of alkyl halides is 3. The van der Waals surface area contributed by atoms with Crippen LogP contribution in [0.5, 0.6) is 5.75 Å². The van der Waals surface area contributed by atoms with Gasteiger partial charge in [0.25, 0.3) is 10.0 Å². The lowest BCUT2D eigenvalue weighted by molar-refractivity contribution is -0.275. The first-order valence-corrected chi connectivity index (χ1v) is 9.47. The minimum Gasteiger partial charge on any atom is -0.404 e. The number of rotatable bonds is 5. The molecular formula is C15H12F3N3O3S2. The second-order valence-corrected chi connectivity index (χ2v) is 7.71. The standard InChI is InChI=1S/C15H12F3N3O3S2/c1-21-14(9-10(19-21)12-6-4-8-25-12)20-26(22,23)13-7-3-2-5-11(13)24-15(16,17)18/h2-9,20H,1H3. The summed E-state index contributed by atoms with van der Waals surface area (Å²) in [5.74, 6) is -0.705. The van der Waals surface area contributed by atoms with Gasteiger partial charge in [-0.1, -0.05) is 18.2 Å². The molecule has 138 valence electrons. The number of aryl methyl sites for hydroxylation is 1. The van der Waals surface area contributed by atoms with Crippen LogP contribution < -0.4 is 9.46 Å². The van der Waals surface area contributed by atoms with Crippen LogP contribution in [-0.4, -0.2) is 24.6 Å². The van der Waals surface area contributed by atoms with Gasteiger partial charge in [-0.05, 0) is 23.6 Å². The average Bonchev–Trinajstić information content (AvgIpc) is 3.16. The van der Waals surface area contributed by atoms with Gasteiger partial charge >= 0.3 is 6.36 Å². The van der Waals surface area contributed by atoms with Crippen LogP contribution in [0.15, 0.2) is 52.7 Å². The van der Waals surface area contributed by atoms with Crippen molar-refractivity contribution >= 4 is 27.2 Å². The van der Waals surface area contributed by atoms with E-state index in [2.05, 4.69) is 14.6 Å². The van der Waals surface area contributed by atoms with Gasteiger partial charge in [-0.25, -0.2) is 8.42 Å². The molecule has 26 heavy (non-hydrogen) atoms. The lowest BCUT2D eigenvalue weighted by Crippen LogP contribution is -2.21. The number of hydrogen-bond acceptors (Lipinski definition) is 5. The fraction of sp³-hybridized carbons (Fsp3) is 0.133. The number of hydrogen-bond donors (Lipinski definition) is 1. The van der Waals surface area contributed by atoms with Crippen molar-refractivity contribution in [3.63, 3.8) is 0 Å². The summed E-state index contributed by atoms with van der Waals surface area (Å²) < 4.78 is 70.0. The summed E-state index contributed by atoms with van der Waals surface area (Å²) in [5, 5.41) is 6.05. The maximum Gasteiger partial charge on any atom is 0.573 e. The number of para-hydroxylation sites is 1. The predicted octanol–water partition coefficient (Wildman–Crippen LogP) is 3.85. The van der Waals surface area contributed by atoms with E-state index in [0.29, 0.717) is 5.69 Å². The molecule has 0 amide bonds. The number of aromatic nitrogens is 2. The Hall–Kier alpha value is -2.53. The molecule has 0 fully saturated rings. The second-order valence-electron chi connectivity index (χ2n) is 5.12. The van der Waals surface area contributed by atoms with E-state index in [1.807, 2.05) is 17.5 Å². The van der Waals surface area contributed by atoms with Gasteiger partial charge in [0.2, 0.25) is 0 Å². The molecule has 0 saturated heterocycles. The van der Waals surface area contributed by atoms with Gasteiger partial charge in [0, 0.05) is 13.1 Å². The van der Waals surface area contributed by atoms with E-state index >= 15 is 0 Å². The quantitative estimate of drug-likeness (QED) is 0.702. The van der Waals surface area contributed by atoms with E-state index < -0.39 is 27.0 Å². The third kappa shape index (κ3) is 3.99. The third-order valence-corrected chi connectivity index (χ3v) is 5.54. The minimum atomic E-state index is -5.01. The molecule has 11 heteroatoms. The molecular weight excluding hydrogens is 391 g/mol. The van der Waals surface area contributed by atoms with Crippen molar-refractivity contribution in [2.75, 3.05) is 4.72 Å². The average molecular weight is 403 g/mol. The number of anilines is 1. The summed E-state index contributed by atoms with van der Waals surface area (Å²) in [4.78, 5) is 0.197. The zero-order chi connectivity index (χ0) is 18.9. The Bertz CT molecular complexity index is 1010. The summed E-state index contributed by atoms with van der Waals surface area (Å²) in [6.07, 6.45) is -5.01. The smallest absolute Gasteiger partial charge is 0.404 e. The number of halogens is 3. The van der Waals surface area contributed by atoms with E-state index in [4.69, 9.17) is 0 Å². The zero-order valence-corrected chi connectivity index (χ0v) is 14.8. The first kappa shape index (κ1) is 18.3. The summed E-state index contributed by atoms with van der Waals surface area (Å²) in [6.45, 7) is 0. The summed E-state index contributed by atoms with van der Waals surface area (Å²) in [7, 11) is -2.81. The number of benzene rings is 1. The molecule has 3 rings (SSSR count). The van der Waals surface area contributed by atoms with Crippen LogP contribution >= 0.6 is 11.3 Å². The number of sulfonamides is 1. The molecule has 6 nitrogen and oxygen atoms in total. The lowest BCUT2D eigenvalue weighted by Gasteiger charge is -2.14. The molecule has 0 bridgehead atoms. The van der Waals surface area contributed by atoms with Gasteiger partial charge in [-0.3, -0.25) is 9.40 Å². The van der Waals surface area contributed by atoms with Crippen LogP contribution in [0.25, 0.3) is 10.6 Å². The van der Waals surface area contributed by atoms with Gasteiger partial charge in [0.15, 0.2) is 0 Å². The number of thiophene rings is 1. The van der Waals surface area contributed by atoms with E-state index in [1.54, 1.807) is 0 Å². The Balaban J connectivity index is 1.93. The molecule has 0 radical (unpaired) electrons. The van der Waals surface area contributed by atoms with Crippen LogP contribution in [0.4, 0.5) is 19.0 Å². The van der Waals surface area contributed by atoms with Crippen molar-refractivity contribution < 1.29 is 26.3 Å². The van der Waals surface area contributed by atoms with Gasteiger partial charge in [0.1, 0.15) is 22.2 Å². The molecule has 2 heterocycles. The highest BCUT2D eigenvalue weighted by Crippen LogP contribution is 2.31. The van der Waals surface area contributed by atoms with Crippen LogP contribution in [0, 0.1) is 0 Å². The molecule has 0 aliphatic rings. The van der Waals surface area contributed by atoms with Crippen molar-refractivity contribution in [1.82, 2.24) is 9.78 Å². The largest absolute Gasteiger partial charge is 0.573 e. The maximum atomic E-state index is 12.6. The highest BCUT2D eigenvalue weighted by atomic mass is 32.2. The first-order valence-electron chi connectivity index (χ1n) is 7.11. The maximum absolute atomic E-state index is 12.6. The molecule has 0 saturated carbocycles. The predicted molar refractivity (Wildman–Crippen MR) is 90.5 cm³/mol. The summed E-state index contributed by atoms with van der Waals surface area (Å²) in [5.41, 5.74) is 0.542. The van der Waals surface area contributed by atoms with Crippen molar-refractivity contribution in [2.24, 2.45) is 7.05 Å². The summed E-state index contributed by atoms with van der Waals surface area (Å²) in [6, 6.07) is 9.65. The highest BCUT2D eigenvalue weighted by molar-refractivity contribution is 7.92. The Morgan fingerprint density at radius 1 is 1.19 bits per heavy atom. The van der Waals surface area contributed by atoms with Gasteiger partial charge in [-0.15, -0.1) is 24.5 Å². The highest BCUT2D eigenvalue weighted by Gasteiger charge is 2.34. The lowest BCUT2D eigenvalue weighted by atomic mass is 10.3. The van der Waals surface area contributed by atoms with Crippen molar-refractivity contribution in [3.05, 3.63) is 47.8 Å². The molecule has 3 aromatic rings. The molecule has 0 aliphatic carbocycles. The van der Waals surface area contributed by atoms with Crippen LogP contribution in [0.2, 0.25) is 0 Å². The van der Waals surface area contributed by atoms with Crippen LogP contribution in [0.3, 0.4) is 0 Å². The topological polar surface area (TPSA) is 73.2 Å². The van der Waals surface area contributed by atoms with E-state index in [-0.39, 0.29) is 5.82 Å². The van der Waals surface area contributed by atoms with Crippen molar-refractivity contribution in [1.29, 1.82) is 0 Å². The van der Waals surface area contributed by atoms with Crippen LogP contribution in [0.1, 0.15) is 0 Å². The number of ether oxygens (including phenoxy) is 1. The fourth-order valence-electron chi connectivity index (χ4n) is 2.18. The fourth-order valence-corrected chi connectivity index (χ4v) is 4.07. The van der Waals surface area contributed by atoms with E-state index in [0.717, 1.165) is 17.0 Å². The SMILES string of the molecule is Cn1nc(-c2cccs2)cc1NS(=O)(=O)c1ccccc1OC(F)(F)F. The van der Waals surface area contributed by atoms with Crippen LogP contribution in [-0.2, 0) is 17.1 Å². The molecule has 2 aromatic heterocycles. The number of nitrogens with zero attached hydrogens (tertiary/aromatic N) is 2. The Morgan fingerprint density at radius 3 is 2.58 bits per heavy atom. The molecule has 0 unspecified atom stereocenters. The molecule has 1 aromatic carbocycles. The molecule has 0 spiro atoms. The van der Waals surface area contributed by atoms with Crippen molar-refractivity contribution in [2.45, 2.75) is 11.3 Å². The Kier molecular flexibility index (Phi) is 4.67. The van der Waals surface area contributed by atoms with E-state index in [9.17, 15) is 21.6 Å². The second kappa shape index (κ2) is 6.65. The molecule has 0 atom stereocenters. The zero-order valence-electron chi connectivity index (χ0n) is 13.2. The molecule has 1 N–H and O–H groups in total. The van der Waals surface area contributed by atoms with Gasteiger partial charge < -0.3 is 4.74 Å². The van der Waals surface area contributed by atoms with Gasteiger partial charge in [-0.2, -0.15) is 5.10 Å². The minimum absolute atomic E-state index is 0.107. The Morgan fingerprint density at radius 2 is 1.92 bits per heavy atom. The van der Waals surface area contributed by atoms with E-state index in [1.165, 1.54) is 41.3 Å². The number of nitrogens with one attached hydrogen (secondary N) is 1. The normalized spacial score (nSPS) is 12.2. The summed E-state index contributed by atoms with van der Waals surface area (Å²) >= 11 is 1.42. The Labute approximate surface area is 150 Å². The molecule has 0 aliphatic heterocycles. The third-order valence-electron chi connectivity index (χ3n) is 3.26. The monoisotopic (exact) mass is 403 g/mol. The van der Waals surface area contributed by atoms with Gasteiger partial charge in [0.05, 0.1) is 4.88 Å². The van der Waals surface area contributed by atoms with Crippen molar-refractivity contribution in [3.8, 4) is 16.3 Å². The first-order chi connectivity index (χ1) is 12.2.